The summed E-state index contributed by atoms with van der Waals surface area (Å²) in [6.07, 6.45) is -0.193. The summed E-state index contributed by atoms with van der Waals surface area (Å²) in [5.41, 5.74) is 13.6. The molecule has 1 unspecified atom stereocenters. The van der Waals surface area contributed by atoms with Crippen molar-refractivity contribution in [3.8, 4) is 28.0 Å². The van der Waals surface area contributed by atoms with E-state index in [4.69, 9.17) is 10.5 Å². The van der Waals surface area contributed by atoms with Gasteiger partial charge in [-0.1, -0.05) is 116 Å². The number of ether oxygens (including phenoxy) is 1. The second-order valence-corrected chi connectivity index (χ2v) is 16.1. The molecule has 0 heterocycles. The molecule has 38 heavy (non-hydrogen) atoms. The first-order chi connectivity index (χ1) is 18.2. The van der Waals surface area contributed by atoms with E-state index in [0.717, 1.165) is 11.1 Å². The van der Waals surface area contributed by atoms with Crippen LogP contribution in [0.15, 0.2) is 116 Å². The molecule has 0 radical (unpaired) electrons. The molecule has 0 fully saturated rings. The predicted molar refractivity (Wildman–Crippen MR) is 168 cm³/mol. The number of hydrogen-bond acceptors (Lipinski definition) is 2. The molecule has 0 spiro atoms. The summed E-state index contributed by atoms with van der Waals surface area (Å²) < 4.78 is 6.09. The van der Waals surface area contributed by atoms with Gasteiger partial charge in [0.15, 0.2) is 0 Å². The number of para-hydroxylation sites is 2. The first-order valence-corrected chi connectivity index (χ1v) is 16.6. The Hall–Kier alpha value is -4.08. The van der Waals surface area contributed by atoms with Gasteiger partial charge in [0.25, 0.3) is 0 Å². The summed E-state index contributed by atoms with van der Waals surface area (Å²) >= 11 is 0. The van der Waals surface area contributed by atoms with Gasteiger partial charge >= 0.3 is 0 Å². The standard InChI is InChI=1S/C35H35NOSi/c1-24(25(2)37-35-9-7-6-8-34(35)36)29-14-15-32-23-30(16-17-31(32)22-29)28-12-10-26(11-13-28)27-18-20-33(21-19-27)38(3,4)5/h6-23,25H,1,36H2,2-5H3. The molecule has 3 heteroatoms. The Balaban J connectivity index is 1.33. The van der Waals surface area contributed by atoms with Crippen molar-refractivity contribution in [2.24, 2.45) is 0 Å². The lowest BCUT2D eigenvalue weighted by atomic mass is 9.96. The first kappa shape index (κ1) is 25.6. The molecule has 0 amide bonds. The smallest absolute Gasteiger partial charge is 0.143 e. The van der Waals surface area contributed by atoms with Crippen LogP contribution < -0.4 is 15.7 Å². The maximum Gasteiger partial charge on any atom is 0.143 e. The molecule has 0 saturated carbocycles. The molecule has 0 bridgehead atoms. The van der Waals surface area contributed by atoms with E-state index in [9.17, 15) is 0 Å². The van der Waals surface area contributed by atoms with Crippen molar-refractivity contribution in [1.82, 2.24) is 0 Å². The monoisotopic (exact) mass is 513 g/mol. The normalized spacial score (nSPS) is 12.3. The first-order valence-electron chi connectivity index (χ1n) is 13.1. The van der Waals surface area contributed by atoms with Gasteiger partial charge in [-0.3, -0.25) is 0 Å². The fourth-order valence-corrected chi connectivity index (χ4v) is 5.89. The molecule has 0 aliphatic carbocycles. The summed E-state index contributed by atoms with van der Waals surface area (Å²) in [6, 6.07) is 38.6. The Labute approximate surface area is 227 Å². The van der Waals surface area contributed by atoms with Crippen LogP contribution in [0.2, 0.25) is 19.6 Å². The van der Waals surface area contributed by atoms with E-state index in [-0.39, 0.29) is 6.10 Å². The van der Waals surface area contributed by atoms with Gasteiger partial charge in [-0.15, -0.1) is 0 Å². The average Bonchev–Trinajstić information content (AvgIpc) is 2.93. The van der Waals surface area contributed by atoms with Crippen molar-refractivity contribution >= 4 is 35.3 Å². The molecule has 2 N–H and O–H groups in total. The minimum atomic E-state index is -1.28. The highest BCUT2D eigenvalue weighted by Gasteiger charge is 2.16. The second-order valence-electron chi connectivity index (χ2n) is 11.0. The van der Waals surface area contributed by atoms with Crippen molar-refractivity contribution in [3.63, 3.8) is 0 Å². The molecule has 190 valence electrons. The number of anilines is 1. The zero-order valence-corrected chi connectivity index (χ0v) is 23.7. The van der Waals surface area contributed by atoms with E-state index < -0.39 is 8.07 Å². The maximum atomic E-state index is 6.09. The third kappa shape index (κ3) is 5.44. The largest absolute Gasteiger partial charge is 0.484 e. The Morgan fingerprint density at radius 1 is 0.684 bits per heavy atom. The van der Waals surface area contributed by atoms with E-state index in [1.165, 1.54) is 38.2 Å². The van der Waals surface area contributed by atoms with Gasteiger partial charge in [-0.25, -0.2) is 0 Å². The lowest BCUT2D eigenvalue weighted by Crippen LogP contribution is -2.37. The van der Waals surface area contributed by atoms with Crippen LogP contribution in [0.25, 0.3) is 38.6 Å². The quantitative estimate of drug-likeness (QED) is 0.174. The van der Waals surface area contributed by atoms with Gasteiger partial charge in [0.05, 0.1) is 13.8 Å². The van der Waals surface area contributed by atoms with Gasteiger partial charge < -0.3 is 10.5 Å². The average molecular weight is 514 g/mol. The van der Waals surface area contributed by atoms with E-state index in [0.29, 0.717) is 11.4 Å². The van der Waals surface area contributed by atoms with Crippen molar-refractivity contribution in [2.45, 2.75) is 32.7 Å². The van der Waals surface area contributed by atoms with E-state index in [1.807, 2.05) is 31.2 Å². The minimum absolute atomic E-state index is 0.193. The Kier molecular flexibility index (Phi) is 6.96. The van der Waals surface area contributed by atoms with Crippen LogP contribution in [-0.4, -0.2) is 14.2 Å². The van der Waals surface area contributed by atoms with Crippen LogP contribution in [-0.2, 0) is 0 Å². The Morgan fingerprint density at radius 3 is 1.84 bits per heavy atom. The lowest BCUT2D eigenvalue weighted by molar-refractivity contribution is 0.280. The molecule has 0 saturated heterocycles. The molecule has 2 nitrogen and oxygen atoms in total. The zero-order valence-electron chi connectivity index (χ0n) is 22.7. The number of benzene rings is 5. The number of fused-ring (bicyclic) bond motifs is 1. The third-order valence-electron chi connectivity index (χ3n) is 7.23. The highest BCUT2D eigenvalue weighted by atomic mass is 28.3. The molecule has 5 aromatic carbocycles. The van der Waals surface area contributed by atoms with Gasteiger partial charge in [-0.05, 0) is 75.4 Å². The molecule has 1 atom stereocenters. The van der Waals surface area contributed by atoms with E-state index >= 15 is 0 Å². The fraction of sp³-hybridized carbons (Fsp3) is 0.143. The molecule has 5 aromatic rings. The molecule has 0 aromatic heterocycles. The highest BCUT2D eigenvalue weighted by molar-refractivity contribution is 6.88. The molecular weight excluding hydrogens is 478 g/mol. The van der Waals surface area contributed by atoms with Crippen LogP contribution in [0, 0.1) is 0 Å². The van der Waals surface area contributed by atoms with E-state index in [2.05, 4.69) is 111 Å². The van der Waals surface area contributed by atoms with Crippen LogP contribution in [0.3, 0.4) is 0 Å². The number of nitrogens with two attached hydrogens (primary N) is 1. The molecular formula is C35H35NOSi. The zero-order chi connectivity index (χ0) is 26.9. The summed E-state index contributed by atoms with van der Waals surface area (Å²) in [7, 11) is -1.28. The van der Waals surface area contributed by atoms with Gasteiger partial charge in [-0.2, -0.15) is 0 Å². The summed E-state index contributed by atoms with van der Waals surface area (Å²) in [5, 5.41) is 3.87. The van der Waals surface area contributed by atoms with Gasteiger partial charge in [0.1, 0.15) is 11.9 Å². The fourth-order valence-electron chi connectivity index (χ4n) is 4.73. The van der Waals surface area contributed by atoms with Crippen LogP contribution in [0.5, 0.6) is 5.75 Å². The number of hydrogen-bond donors (Lipinski definition) is 1. The van der Waals surface area contributed by atoms with Crippen molar-refractivity contribution in [2.75, 3.05) is 5.73 Å². The maximum absolute atomic E-state index is 6.09. The number of rotatable bonds is 7. The summed E-state index contributed by atoms with van der Waals surface area (Å²) in [5.74, 6) is 0.682. The van der Waals surface area contributed by atoms with Crippen LogP contribution >= 0.6 is 0 Å². The van der Waals surface area contributed by atoms with Crippen molar-refractivity contribution in [3.05, 3.63) is 121 Å². The molecule has 0 aliphatic rings. The van der Waals surface area contributed by atoms with E-state index in [1.54, 1.807) is 0 Å². The van der Waals surface area contributed by atoms with Crippen molar-refractivity contribution < 1.29 is 4.74 Å². The van der Waals surface area contributed by atoms with Crippen molar-refractivity contribution in [1.29, 1.82) is 0 Å². The Bertz CT molecular complexity index is 1590. The number of nitrogen functional groups attached to an aromatic ring is 1. The summed E-state index contributed by atoms with van der Waals surface area (Å²) in [4.78, 5) is 0. The Morgan fingerprint density at radius 2 is 1.21 bits per heavy atom. The minimum Gasteiger partial charge on any atom is -0.484 e. The third-order valence-corrected chi connectivity index (χ3v) is 9.29. The molecule has 5 rings (SSSR count). The van der Waals surface area contributed by atoms with Gasteiger partial charge in [0.2, 0.25) is 0 Å². The topological polar surface area (TPSA) is 35.2 Å². The molecule has 0 aliphatic heterocycles. The second kappa shape index (κ2) is 10.4. The predicted octanol–water partition coefficient (Wildman–Crippen LogP) is 8.78. The van der Waals surface area contributed by atoms with Crippen LogP contribution in [0.1, 0.15) is 12.5 Å². The highest BCUT2D eigenvalue weighted by Crippen LogP contribution is 2.31. The SMILES string of the molecule is C=C(c1ccc2cc(-c3ccc(-c4ccc([Si](C)(C)C)cc4)cc3)ccc2c1)C(C)Oc1ccccc1N. The summed E-state index contributed by atoms with van der Waals surface area (Å²) in [6.45, 7) is 13.5. The van der Waals surface area contributed by atoms with Gasteiger partial charge in [0, 0.05) is 0 Å². The lowest BCUT2D eigenvalue weighted by Gasteiger charge is -2.19. The van der Waals surface area contributed by atoms with Crippen LogP contribution in [0.4, 0.5) is 5.69 Å².